The number of hydrogen-bond acceptors (Lipinski definition) is 9. The number of anilines is 1. The highest BCUT2D eigenvalue weighted by atomic mass is 19.4. The summed E-state index contributed by atoms with van der Waals surface area (Å²) in [7, 11) is 1.61. The lowest BCUT2D eigenvalue weighted by atomic mass is 9.84. The summed E-state index contributed by atoms with van der Waals surface area (Å²) in [4.78, 5) is 24.4. The predicted molar refractivity (Wildman–Crippen MR) is 141 cm³/mol. The van der Waals surface area contributed by atoms with Gasteiger partial charge < -0.3 is 24.2 Å². The predicted octanol–water partition coefficient (Wildman–Crippen LogP) is 3.61. The molecule has 242 valence electrons. The van der Waals surface area contributed by atoms with Crippen molar-refractivity contribution in [1.29, 1.82) is 5.41 Å². The lowest BCUT2D eigenvalue weighted by Gasteiger charge is -2.33. The summed E-state index contributed by atoms with van der Waals surface area (Å²) in [5.74, 6) is -2.66. The van der Waals surface area contributed by atoms with Gasteiger partial charge in [0, 0.05) is 30.3 Å². The van der Waals surface area contributed by atoms with Crippen LogP contribution in [-0.4, -0.2) is 88.6 Å². The molecular formula is C26H30F6N6O6. The van der Waals surface area contributed by atoms with E-state index in [1.54, 1.807) is 19.2 Å². The Hall–Kier alpha value is -4.35. The fourth-order valence-electron chi connectivity index (χ4n) is 4.07. The molecule has 0 saturated carbocycles. The number of benzene rings is 1. The zero-order valence-electron chi connectivity index (χ0n) is 24.0. The maximum Gasteiger partial charge on any atom is 0.490 e. The maximum atomic E-state index is 13.4. The molecular weight excluding hydrogens is 606 g/mol. The molecule has 0 aliphatic carbocycles. The molecule has 1 aliphatic heterocycles. The molecule has 18 heteroatoms. The average molecular weight is 637 g/mol. The molecule has 12 nitrogen and oxygen atoms in total. The number of nitrogens with one attached hydrogen (secondary N) is 1. The van der Waals surface area contributed by atoms with Crippen LogP contribution < -0.4 is 20.0 Å². The zero-order chi connectivity index (χ0) is 33.0. The summed E-state index contributed by atoms with van der Waals surface area (Å²) in [6.07, 6.45) is -9.61. The zero-order valence-corrected chi connectivity index (χ0v) is 24.0. The van der Waals surface area contributed by atoms with Gasteiger partial charge in [-0.2, -0.15) is 30.9 Å². The first-order chi connectivity index (χ1) is 20.3. The van der Waals surface area contributed by atoms with E-state index < -0.39 is 24.9 Å². The topological polar surface area (TPSA) is 144 Å². The third-order valence-electron chi connectivity index (χ3n) is 6.13. The maximum absolute atomic E-state index is 13.4. The van der Waals surface area contributed by atoms with Gasteiger partial charge in [-0.1, -0.05) is 20.8 Å². The minimum absolute atomic E-state index is 0.191. The summed E-state index contributed by atoms with van der Waals surface area (Å²) >= 11 is 0. The van der Waals surface area contributed by atoms with Crippen LogP contribution in [0, 0.1) is 5.41 Å². The van der Waals surface area contributed by atoms with E-state index >= 15 is 0 Å². The number of halogens is 6. The minimum atomic E-state index is -5.08. The van der Waals surface area contributed by atoms with E-state index in [1.165, 1.54) is 12.1 Å². The van der Waals surface area contributed by atoms with Crippen LogP contribution in [0.15, 0.2) is 24.3 Å². The second-order valence-corrected chi connectivity index (χ2v) is 10.5. The van der Waals surface area contributed by atoms with Crippen molar-refractivity contribution in [2.24, 2.45) is 0 Å². The van der Waals surface area contributed by atoms with Crippen molar-refractivity contribution in [3.63, 3.8) is 0 Å². The van der Waals surface area contributed by atoms with E-state index in [0.29, 0.717) is 37.6 Å². The molecule has 0 amide bonds. The normalized spacial score (nSPS) is 14.2. The molecule has 0 bridgehead atoms. The molecule has 2 aromatic heterocycles. The van der Waals surface area contributed by atoms with E-state index in [-0.39, 0.29) is 34.9 Å². The van der Waals surface area contributed by atoms with Crippen LogP contribution in [0.1, 0.15) is 36.7 Å². The molecule has 1 aromatic carbocycles. The molecule has 3 heterocycles. The van der Waals surface area contributed by atoms with Crippen molar-refractivity contribution in [1.82, 2.24) is 19.4 Å². The first-order valence-electron chi connectivity index (χ1n) is 12.9. The molecule has 0 unspecified atom stereocenters. The summed E-state index contributed by atoms with van der Waals surface area (Å²) in [5.41, 5.74) is 1.67. The number of nitrogens with zero attached hydrogens (tertiary/aromatic N) is 5. The van der Waals surface area contributed by atoms with E-state index in [1.807, 2.05) is 20.8 Å². The summed E-state index contributed by atoms with van der Waals surface area (Å²) in [6.45, 7) is 6.76. The molecule has 44 heavy (non-hydrogen) atoms. The van der Waals surface area contributed by atoms with Gasteiger partial charge in [-0.15, -0.1) is 10.2 Å². The van der Waals surface area contributed by atoms with Gasteiger partial charge in [0.05, 0.1) is 26.0 Å². The third-order valence-corrected chi connectivity index (χ3v) is 6.13. The highest BCUT2D eigenvalue weighted by Crippen LogP contribution is 2.40. The lowest BCUT2D eigenvalue weighted by Crippen LogP contribution is -2.37. The first-order valence-corrected chi connectivity index (χ1v) is 12.9. The molecule has 4 rings (SSSR count). The third kappa shape index (κ3) is 8.61. The van der Waals surface area contributed by atoms with Crippen LogP contribution in [0.3, 0.4) is 0 Å². The number of carboxylic acid groups (broad SMARTS) is 1. The monoisotopic (exact) mass is 636 g/mol. The summed E-state index contributed by atoms with van der Waals surface area (Å²) in [6, 6.07) is 6.18. The Morgan fingerprint density at radius 2 is 1.66 bits per heavy atom. The average Bonchev–Trinajstić information content (AvgIpc) is 3.24. The number of Topliss-reactive ketones (excluding diaryl/α,β-unsaturated/α-hetero) is 1. The smallest absolute Gasteiger partial charge is 0.490 e. The van der Waals surface area contributed by atoms with Crippen LogP contribution in [0.25, 0.3) is 5.65 Å². The van der Waals surface area contributed by atoms with E-state index in [9.17, 15) is 31.1 Å². The van der Waals surface area contributed by atoms with Crippen molar-refractivity contribution in [3.8, 4) is 11.6 Å². The number of methoxy groups -OCH3 is 1. The Morgan fingerprint density at radius 3 is 2.18 bits per heavy atom. The number of ether oxygens (including phenoxy) is 3. The van der Waals surface area contributed by atoms with Crippen molar-refractivity contribution >= 4 is 23.1 Å². The molecule has 0 spiro atoms. The molecule has 1 fully saturated rings. The standard InChI is InChI=1S/C24H29F3N6O4.C2HF3O2/c1-23(2,3)16-11-15(12-17(21(16)35-4)31-7-9-36-10-8-31)18(34)13-32-22(28)33-19(29-32)5-6-20(30-33)37-14-24(25,26)27;3-2(4,5)1(6)7/h5-6,11-12,28H,7-10,13-14H2,1-4H3;(H,6,7). The van der Waals surface area contributed by atoms with E-state index in [0.717, 1.165) is 20.4 Å². The molecule has 2 N–H and O–H groups in total. The number of alkyl halides is 6. The fraction of sp³-hybridized carbons (Fsp3) is 0.500. The Balaban J connectivity index is 0.000000676. The van der Waals surface area contributed by atoms with Crippen LogP contribution >= 0.6 is 0 Å². The SMILES string of the molecule is COc1c(N2CCOCC2)cc(C(=O)Cn2nc3ccc(OCC(F)(F)F)nn3c2=N)cc1C(C)(C)C.O=C(O)C(F)(F)F. The number of carbonyl (C=O) groups is 2. The Bertz CT molecular complexity index is 1550. The van der Waals surface area contributed by atoms with Crippen molar-refractivity contribution in [2.75, 3.05) is 44.9 Å². The molecule has 0 radical (unpaired) electrons. The number of hydrogen-bond donors (Lipinski definition) is 2. The van der Waals surface area contributed by atoms with Gasteiger partial charge in [-0.25, -0.2) is 9.48 Å². The highest BCUT2D eigenvalue weighted by molar-refractivity contribution is 5.97. The van der Waals surface area contributed by atoms with Crippen LogP contribution in [0.2, 0.25) is 0 Å². The van der Waals surface area contributed by atoms with Gasteiger partial charge in [0.2, 0.25) is 11.5 Å². The minimum Gasteiger partial charge on any atom is -0.494 e. The number of carbonyl (C=O) groups excluding carboxylic acids is 1. The Kier molecular flexibility index (Phi) is 10.2. The lowest BCUT2D eigenvalue weighted by molar-refractivity contribution is -0.192. The van der Waals surface area contributed by atoms with Crippen molar-refractivity contribution in [2.45, 2.75) is 45.1 Å². The van der Waals surface area contributed by atoms with Gasteiger partial charge in [0.25, 0.3) is 0 Å². The number of aliphatic carboxylic acids is 1. The number of rotatable bonds is 7. The Labute approximate surface area is 246 Å². The van der Waals surface area contributed by atoms with Gasteiger partial charge in [0.1, 0.15) is 12.3 Å². The van der Waals surface area contributed by atoms with Crippen LogP contribution in [0.5, 0.6) is 11.6 Å². The van der Waals surface area contributed by atoms with Crippen molar-refractivity contribution in [3.05, 3.63) is 41.0 Å². The second kappa shape index (κ2) is 13.1. The van der Waals surface area contributed by atoms with Gasteiger partial charge in [-0.05, 0) is 23.6 Å². The second-order valence-electron chi connectivity index (χ2n) is 10.5. The fourth-order valence-corrected chi connectivity index (χ4v) is 4.07. The van der Waals surface area contributed by atoms with Gasteiger partial charge in [0.15, 0.2) is 18.0 Å². The molecule has 1 aliphatic rings. The van der Waals surface area contributed by atoms with Crippen LogP contribution in [0.4, 0.5) is 32.0 Å². The Morgan fingerprint density at radius 1 is 1.05 bits per heavy atom. The van der Waals surface area contributed by atoms with E-state index in [2.05, 4.69) is 19.8 Å². The highest BCUT2D eigenvalue weighted by Gasteiger charge is 2.38. The van der Waals surface area contributed by atoms with Crippen LogP contribution in [-0.2, 0) is 21.5 Å². The number of aromatic nitrogens is 4. The van der Waals surface area contributed by atoms with Gasteiger partial charge in [-0.3, -0.25) is 10.2 Å². The summed E-state index contributed by atoms with van der Waals surface area (Å²) < 4.78 is 87.2. The van der Waals surface area contributed by atoms with Gasteiger partial charge >= 0.3 is 18.3 Å². The quantitative estimate of drug-likeness (QED) is 0.294. The largest absolute Gasteiger partial charge is 0.494 e. The molecule has 1 saturated heterocycles. The number of morpholine rings is 1. The summed E-state index contributed by atoms with van der Waals surface area (Å²) in [5, 5.41) is 23.6. The van der Waals surface area contributed by atoms with Crippen molar-refractivity contribution < 1.29 is 55.2 Å². The number of fused-ring (bicyclic) bond motifs is 1. The number of carboxylic acids is 1. The first kappa shape index (κ1) is 34.1. The van der Waals surface area contributed by atoms with E-state index in [4.69, 9.17) is 24.8 Å². The molecule has 3 aromatic rings. The number of ketones is 1. The molecule has 0 atom stereocenters.